The highest BCUT2D eigenvalue weighted by Gasteiger charge is 2.02. The van der Waals surface area contributed by atoms with Crippen LogP contribution in [-0.4, -0.2) is 33.9 Å². The Morgan fingerprint density at radius 3 is 2.80 bits per heavy atom. The molecular formula is C10H18N3O2+. The Labute approximate surface area is 89.1 Å². The minimum atomic E-state index is -0.739. The lowest BCUT2D eigenvalue weighted by Gasteiger charge is -2.02. The molecule has 0 aromatic carbocycles. The zero-order valence-corrected chi connectivity index (χ0v) is 9.23. The van der Waals surface area contributed by atoms with Crippen LogP contribution in [0.4, 0.5) is 0 Å². The molecular weight excluding hydrogens is 194 g/mol. The van der Waals surface area contributed by atoms with E-state index in [1.54, 1.807) is 0 Å². The van der Waals surface area contributed by atoms with Gasteiger partial charge in [-0.2, -0.15) is 5.10 Å². The molecule has 1 aromatic rings. The minimum Gasteiger partial charge on any atom is -0.481 e. The molecule has 0 fully saturated rings. The van der Waals surface area contributed by atoms with Crippen LogP contribution in [-0.2, 0) is 11.3 Å². The summed E-state index contributed by atoms with van der Waals surface area (Å²) in [6, 6.07) is 2.04. The fourth-order valence-corrected chi connectivity index (χ4v) is 1.48. The van der Waals surface area contributed by atoms with E-state index < -0.39 is 5.97 Å². The largest absolute Gasteiger partial charge is 0.481 e. The van der Waals surface area contributed by atoms with Crippen LogP contribution in [0.3, 0.4) is 0 Å². The molecule has 0 aliphatic heterocycles. The van der Waals surface area contributed by atoms with Gasteiger partial charge in [-0.05, 0) is 19.9 Å². The number of aryl methyl sites for hydroxylation is 2. The first-order valence-corrected chi connectivity index (χ1v) is 5.14. The van der Waals surface area contributed by atoms with Crippen molar-refractivity contribution >= 4 is 5.97 Å². The van der Waals surface area contributed by atoms with Gasteiger partial charge in [0.15, 0.2) is 0 Å². The number of nitrogens with zero attached hydrogens (tertiary/aromatic N) is 2. The van der Waals surface area contributed by atoms with Crippen LogP contribution >= 0.6 is 0 Å². The summed E-state index contributed by atoms with van der Waals surface area (Å²) in [6.07, 6.45) is 0.219. The number of nitrogens with two attached hydrogens (primary N) is 1. The second-order valence-electron chi connectivity index (χ2n) is 3.66. The standard InChI is InChI=1S/C10H17N3O2/c1-8-7-9(2)13(12-8)6-5-11-4-3-10(14)15/h7,11H,3-6H2,1-2H3,(H,14,15)/p+1. The third kappa shape index (κ3) is 4.12. The van der Waals surface area contributed by atoms with Crippen LogP contribution in [0.2, 0.25) is 0 Å². The van der Waals surface area contributed by atoms with E-state index in [2.05, 4.69) is 5.10 Å². The maximum absolute atomic E-state index is 10.3. The first-order chi connectivity index (χ1) is 7.09. The summed E-state index contributed by atoms with van der Waals surface area (Å²) in [5.74, 6) is -0.739. The second kappa shape index (κ2) is 5.50. The van der Waals surface area contributed by atoms with E-state index in [1.807, 2.05) is 29.9 Å². The van der Waals surface area contributed by atoms with Gasteiger partial charge in [0.2, 0.25) is 0 Å². The summed E-state index contributed by atoms with van der Waals surface area (Å²) in [6.45, 7) is 6.33. The highest BCUT2D eigenvalue weighted by molar-refractivity contribution is 5.66. The quantitative estimate of drug-likeness (QED) is 0.627. The zero-order chi connectivity index (χ0) is 11.3. The van der Waals surface area contributed by atoms with Crippen molar-refractivity contribution in [2.45, 2.75) is 26.8 Å². The fourth-order valence-electron chi connectivity index (χ4n) is 1.48. The molecule has 0 saturated carbocycles. The molecule has 0 unspecified atom stereocenters. The van der Waals surface area contributed by atoms with Crippen LogP contribution < -0.4 is 5.32 Å². The number of carbonyl (C=O) groups is 1. The Kier molecular flexibility index (Phi) is 4.30. The van der Waals surface area contributed by atoms with Gasteiger partial charge in [-0.25, -0.2) is 0 Å². The van der Waals surface area contributed by atoms with E-state index in [1.165, 1.54) is 0 Å². The predicted molar refractivity (Wildman–Crippen MR) is 55.6 cm³/mol. The van der Waals surface area contributed by atoms with Gasteiger partial charge in [0.05, 0.1) is 31.7 Å². The molecule has 84 valence electrons. The van der Waals surface area contributed by atoms with Gasteiger partial charge in [0.25, 0.3) is 0 Å². The normalized spacial score (nSPS) is 10.5. The van der Waals surface area contributed by atoms with E-state index in [9.17, 15) is 4.79 Å². The summed E-state index contributed by atoms with van der Waals surface area (Å²) in [5, 5.41) is 14.8. The highest BCUT2D eigenvalue weighted by atomic mass is 16.4. The summed E-state index contributed by atoms with van der Waals surface area (Å²) < 4.78 is 1.95. The van der Waals surface area contributed by atoms with Crippen LogP contribution in [0, 0.1) is 13.8 Å². The van der Waals surface area contributed by atoms with Crippen molar-refractivity contribution in [2.24, 2.45) is 0 Å². The third-order valence-electron chi connectivity index (χ3n) is 2.21. The van der Waals surface area contributed by atoms with E-state index in [0.29, 0.717) is 6.54 Å². The van der Waals surface area contributed by atoms with E-state index in [4.69, 9.17) is 5.11 Å². The zero-order valence-electron chi connectivity index (χ0n) is 9.23. The molecule has 3 N–H and O–H groups in total. The smallest absolute Gasteiger partial charge is 0.309 e. The second-order valence-corrected chi connectivity index (χ2v) is 3.66. The average Bonchev–Trinajstić information content (AvgIpc) is 2.44. The Hall–Kier alpha value is -1.36. The topological polar surface area (TPSA) is 71.7 Å². The number of quaternary nitrogens is 1. The van der Waals surface area contributed by atoms with Crippen molar-refractivity contribution in [2.75, 3.05) is 13.1 Å². The number of aliphatic carboxylic acids is 1. The first kappa shape index (κ1) is 11.7. The molecule has 1 rings (SSSR count). The van der Waals surface area contributed by atoms with E-state index in [-0.39, 0.29) is 6.42 Å². The van der Waals surface area contributed by atoms with E-state index in [0.717, 1.165) is 24.5 Å². The fraction of sp³-hybridized carbons (Fsp3) is 0.600. The van der Waals surface area contributed by atoms with Crippen molar-refractivity contribution in [1.29, 1.82) is 0 Å². The number of carboxylic acid groups (broad SMARTS) is 1. The van der Waals surface area contributed by atoms with Crippen LogP contribution in [0.15, 0.2) is 6.07 Å². The number of hydrogen-bond acceptors (Lipinski definition) is 2. The van der Waals surface area contributed by atoms with Crippen LogP contribution in [0.1, 0.15) is 17.8 Å². The molecule has 0 aliphatic carbocycles. The molecule has 1 heterocycles. The van der Waals surface area contributed by atoms with E-state index >= 15 is 0 Å². The molecule has 0 radical (unpaired) electrons. The molecule has 15 heavy (non-hydrogen) atoms. The predicted octanol–water partition coefficient (Wildman–Crippen LogP) is -0.462. The first-order valence-electron chi connectivity index (χ1n) is 5.14. The molecule has 0 amide bonds. The van der Waals surface area contributed by atoms with Crippen molar-refractivity contribution < 1.29 is 15.2 Å². The third-order valence-corrected chi connectivity index (χ3v) is 2.21. The van der Waals surface area contributed by atoms with Crippen molar-refractivity contribution in [3.8, 4) is 0 Å². The number of hydrogen-bond donors (Lipinski definition) is 2. The lowest BCUT2D eigenvalue weighted by atomic mass is 10.4. The molecule has 0 aliphatic rings. The minimum absolute atomic E-state index is 0.219. The molecule has 5 nitrogen and oxygen atoms in total. The molecule has 0 bridgehead atoms. The maximum atomic E-state index is 10.3. The van der Waals surface area contributed by atoms with Crippen molar-refractivity contribution in [1.82, 2.24) is 9.78 Å². The molecule has 0 spiro atoms. The number of aromatic nitrogens is 2. The van der Waals surface area contributed by atoms with Crippen LogP contribution in [0.25, 0.3) is 0 Å². The van der Waals surface area contributed by atoms with Gasteiger partial charge in [0, 0.05) is 5.69 Å². The highest BCUT2D eigenvalue weighted by Crippen LogP contribution is 1.99. The lowest BCUT2D eigenvalue weighted by molar-refractivity contribution is -0.654. The van der Waals surface area contributed by atoms with Crippen LogP contribution in [0.5, 0.6) is 0 Å². The molecule has 1 aromatic heterocycles. The number of carboxylic acids is 1. The number of rotatable bonds is 6. The summed E-state index contributed by atoms with van der Waals surface area (Å²) in [5.41, 5.74) is 2.18. The average molecular weight is 212 g/mol. The van der Waals surface area contributed by atoms with Gasteiger partial charge < -0.3 is 10.4 Å². The van der Waals surface area contributed by atoms with Gasteiger partial charge in [0.1, 0.15) is 0 Å². The molecule has 5 heteroatoms. The molecule has 0 atom stereocenters. The Morgan fingerprint density at radius 2 is 2.27 bits per heavy atom. The Balaban J connectivity index is 2.20. The monoisotopic (exact) mass is 212 g/mol. The maximum Gasteiger partial charge on any atom is 0.309 e. The Bertz CT molecular complexity index is 333. The van der Waals surface area contributed by atoms with Gasteiger partial charge >= 0.3 is 5.97 Å². The van der Waals surface area contributed by atoms with Gasteiger partial charge in [-0.15, -0.1) is 0 Å². The summed E-state index contributed by atoms with van der Waals surface area (Å²) in [4.78, 5) is 10.3. The molecule has 0 saturated heterocycles. The SMILES string of the molecule is Cc1cc(C)n(CC[NH2+]CCC(=O)O)n1. The van der Waals surface area contributed by atoms with Gasteiger partial charge in [-0.3, -0.25) is 9.48 Å². The summed E-state index contributed by atoms with van der Waals surface area (Å²) in [7, 11) is 0. The summed E-state index contributed by atoms with van der Waals surface area (Å²) >= 11 is 0. The van der Waals surface area contributed by atoms with Gasteiger partial charge in [-0.1, -0.05) is 0 Å². The lowest BCUT2D eigenvalue weighted by Crippen LogP contribution is -2.85. The van der Waals surface area contributed by atoms with Crippen molar-refractivity contribution in [3.63, 3.8) is 0 Å². The van der Waals surface area contributed by atoms with Crippen molar-refractivity contribution in [3.05, 3.63) is 17.5 Å². The Morgan fingerprint density at radius 1 is 1.53 bits per heavy atom.